The van der Waals surface area contributed by atoms with Gasteiger partial charge in [-0.15, -0.1) is 0 Å². The third-order valence-corrected chi connectivity index (χ3v) is 5.01. The van der Waals surface area contributed by atoms with Crippen molar-refractivity contribution >= 4 is 39.1 Å². The zero-order valence-corrected chi connectivity index (χ0v) is 15.2. The maximum atomic E-state index is 12.1. The Kier molecular flexibility index (Phi) is 5.81. The Morgan fingerprint density at radius 3 is 2.24 bits per heavy atom. The van der Waals surface area contributed by atoms with Crippen LogP contribution in [0.2, 0.25) is 5.02 Å². The van der Waals surface area contributed by atoms with Crippen molar-refractivity contribution in [2.45, 2.75) is 0 Å². The third-order valence-electron chi connectivity index (χ3n) is 3.48. The molecule has 132 valence electrons. The molecule has 0 atom stereocenters. The molecule has 0 N–H and O–H groups in total. The van der Waals surface area contributed by atoms with E-state index in [4.69, 9.17) is 16.3 Å². The first-order valence-electron chi connectivity index (χ1n) is 7.19. The number of carbonyl (C=O) groups is 2. The number of Topliss-reactive ketones (excluding diaryl/α,β-unsaturated/α-hetero) is 1. The van der Waals surface area contributed by atoms with Gasteiger partial charge in [-0.2, -0.15) is 0 Å². The van der Waals surface area contributed by atoms with E-state index >= 15 is 0 Å². The van der Waals surface area contributed by atoms with Crippen LogP contribution in [0.15, 0.2) is 48.5 Å². The molecule has 0 spiro atoms. The van der Waals surface area contributed by atoms with Crippen LogP contribution in [0.25, 0.3) is 0 Å². The highest BCUT2D eigenvalue weighted by molar-refractivity contribution is 7.92. The highest BCUT2D eigenvalue weighted by Crippen LogP contribution is 2.18. The number of esters is 1. The normalized spacial score (nSPS) is 11.0. The van der Waals surface area contributed by atoms with Crippen molar-refractivity contribution in [3.8, 4) is 0 Å². The van der Waals surface area contributed by atoms with Crippen LogP contribution in [-0.2, 0) is 14.8 Å². The van der Waals surface area contributed by atoms with E-state index in [1.165, 1.54) is 37.4 Å². The second-order valence-electron chi connectivity index (χ2n) is 5.26. The fraction of sp³-hybridized carbons (Fsp3) is 0.176. The molecule has 0 unspecified atom stereocenters. The van der Waals surface area contributed by atoms with Gasteiger partial charge in [0.1, 0.15) is 0 Å². The van der Waals surface area contributed by atoms with E-state index in [-0.39, 0.29) is 10.6 Å². The molecule has 2 aromatic rings. The summed E-state index contributed by atoms with van der Waals surface area (Å²) in [5.41, 5.74) is 0.909. The highest BCUT2D eigenvalue weighted by Gasteiger charge is 2.15. The molecule has 0 aliphatic heterocycles. The van der Waals surface area contributed by atoms with Crippen LogP contribution in [0.1, 0.15) is 20.7 Å². The van der Waals surface area contributed by atoms with E-state index in [1.54, 1.807) is 18.2 Å². The number of hydrogen-bond donors (Lipinski definition) is 0. The Bertz CT molecular complexity index is 894. The summed E-state index contributed by atoms with van der Waals surface area (Å²) < 4.78 is 29.0. The van der Waals surface area contributed by atoms with Crippen molar-refractivity contribution in [1.82, 2.24) is 0 Å². The third kappa shape index (κ3) is 4.80. The second-order valence-corrected chi connectivity index (χ2v) is 7.68. The molecule has 2 aromatic carbocycles. The summed E-state index contributed by atoms with van der Waals surface area (Å²) in [7, 11) is -1.96. The van der Waals surface area contributed by atoms with Crippen LogP contribution in [0.3, 0.4) is 0 Å². The first-order valence-corrected chi connectivity index (χ1v) is 9.41. The summed E-state index contributed by atoms with van der Waals surface area (Å²) in [5, 5.41) is 0.244. The zero-order chi connectivity index (χ0) is 18.6. The molecule has 0 saturated carbocycles. The van der Waals surface area contributed by atoms with Gasteiger partial charge in [0.05, 0.1) is 22.5 Å². The van der Waals surface area contributed by atoms with E-state index in [9.17, 15) is 18.0 Å². The lowest BCUT2D eigenvalue weighted by molar-refractivity contribution is 0.0475. The van der Waals surface area contributed by atoms with Crippen molar-refractivity contribution in [2.75, 3.05) is 24.2 Å². The average molecular weight is 382 g/mol. The lowest BCUT2D eigenvalue weighted by Gasteiger charge is -2.16. The predicted octanol–water partition coefficient (Wildman–Crippen LogP) is 2.78. The maximum absolute atomic E-state index is 12.1. The van der Waals surface area contributed by atoms with Crippen LogP contribution in [0, 0.1) is 0 Å². The number of halogens is 1. The number of ether oxygens (including phenoxy) is 1. The van der Waals surface area contributed by atoms with Crippen LogP contribution in [0.5, 0.6) is 0 Å². The first kappa shape index (κ1) is 19.0. The summed E-state index contributed by atoms with van der Waals surface area (Å²) in [6.07, 6.45) is 1.08. The molecule has 0 heterocycles. The minimum atomic E-state index is -3.38. The molecule has 0 aliphatic rings. The van der Waals surface area contributed by atoms with Crippen molar-refractivity contribution < 1.29 is 22.7 Å². The van der Waals surface area contributed by atoms with Crippen LogP contribution < -0.4 is 4.31 Å². The topological polar surface area (TPSA) is 80.8 Å². The summed E-state index contributed by atoms with van der Waals surface area (Å²) in [5.74, 6) is -1.10. The minimum absolute atomic E-state index is 0.182. The van der Waals surface area contributed by atoms with Crippen molar-refractivity contribution in [1.29, 1.82) is 0 Å². The van der Waals surface area contributed by atoms with Gasteiger partial charge in [0, 0.05) is 12.6 Å². The van der Waals surface area contributed by atoms with Gasteiger partial charge >= 0.3 is 5.97 Å². The highest BCUT2D eigenvalue weighted by atomic mass is 35.5. The van der Waals surface area contributed by atoms with E-state index in [0.29, 0.717) is 11.3 Å². The summed E-state index contributed by atoms with van der Waals surface area (Å²) in [4.78, 5) is 24.0. The molecule has 8 heteroatoms. The van der Waals surface area contributed by atoms with Crippen LogP contribution >= 0.6 is 11.6 Å². The smallest absolute Gasteiger partial charge is 0.340 e. The monoisotopic (exact) mass is 381 g/mol. The maximum Gasteiger partial charge on any atom is 0.340 e. The van der Waals surface area contributed by atoms with Gasteiger partial charge in [0.15, 0.2) is 12.4 Å². The van der Waals surface area contributed by atoms with E-state index in [2.05, 4.69) is 0 Å². The Balaban J connectivity index is 2.02. The number of anilines is 1. The fourth-order valence-corrected chi connectivity index (χ4v) is 2.69. The molecule has 25 heavy (non-hydrogen) atoms. The first-order chi connectivity index (χ1) is 11.7. The van der Waals surface area contributed by atoms with Gasteiger partial charge in [0.25, 0.3) is 0 Å². The second kappa shape index (κ2) is 7.67. The van der Waals surface area contributed by atoms with Gasteiger partial charge in [-0.3, -0.25) is 9.10 Å². The molecule has 6 nitrogen and oxygen atoms in total. The Morgan fingerprint density at radius 2 is 1.68 bits per heavy atom. The molecule has 0 aromatic heterocycles. The molecule has 0 aliphatic carbocycles. The molecule has 2 rings (SSSR count). The number of hydrogen-bond acceptors (Lipinski definition) is 5. The summed E-state index contributed by atoms with van der Waals surface area (Å²) in [6, 6.07) is 12.3. The van der Waals surface area contributed by atoms with Crippen LogP contribution in [0.4, 0.5) is 5.69 Å². The van der Waals surface area contributed by atoms with Crippen molar-refractivity contribution in [2.24, 2.45) is 0 Å². The lowest BCUT2D eigenvalue weighted by Crippen LogP contribution is -2.24. The molecular formula is C17H16ClNO5S. The SMILES string of the molecule is CN(c1ccc(C(=O)COC(=O)c2ccccc2Cl)cc1)S(C)(=O)=O. The molecule has 0 bridgehead atoms. The largest absolute Gasteiger partial charge is 0.454 e. The Morgan fingerprint density at radius 1 is 1.08 bits per heavy atom. The van der Waals surface area contributed by atoms with Gasteiger partial charge in [-0.1, -0.05) is 23.7 Å². The number of benzene rings is 2. The number of rotatable bonds is 6. The van der Waals surface area contributed by atoms with Gasteiger partial charge in [-0.25, -0.2) is 13.2 Å². The fourth-order valence-electron chi connectivity index (χ4n) is 1.97. The minimum Gasteiger partial charge on any atom is -0.454 e. The Hall–Kier alpha value is -2.38. The number of nitrogens with zero attached hydrogens (tertiary/aromatic N) is 1. The number of ketones is 1. The van der Waals surface area contributed by atoms with Gasteiger partial charge < -0.3 is 4.74 Å². The molecule has 0 radical (unpaired) electrons. The average Bonchev–Trinajstić information content (AvgIpc) is 2.58. The Labute approximate surface area is 151 Å². The molecule has 0 fully saturated rings. The van der Waals surface area contributed by atoms with Crippen LogP contribution in [-0.4, -0.2) is 40.1 Å². The quantitative estimate of drug-likeness (QED) is 0.567. The number of carbonyl (C=O) groups excluding carboxylic acids is 2. The molecular weight excluding hydrogens is 366 g/mol. The van der Waals surface area contributed by atoms with Gasteiger partial charge in [-0.05, 0) is 36.4 Å². The van der Waals surface area contributed by atoms with Crippen molar-refractivity contribution in [3.05, 3.63) is 64.7 Å². The predicted molar refractivity (Wildman–Crippen MR) is 95.8 cm³/mol. The van der Waals surface area contributed by atoms with Crippen molar-refractivity contribution in [3.63, 3.8) is 0 Å². The standard InChI is InChI=1S/C17H16ClNO5S/c1-19(25(2,22)23)13-9-7-12(8-10-13)16(20)11-24-17(21)14-5-3-4-6-15(14)18/h3-10H,11H2,1-2H3. The molecule has 0 amide bonds. The van der Waals surface area contributed by atoms with E-state index in [1.807, 2.05) is 0 Å². The number of sulfonamides is 1. The van der Waals surface area contributed by atoms with E-state index < -0.39 is 28.4 Å². The summed E-state index contributed by atoms with van der Waals surface area (Å²) in [6.45, 7) is -0.439. The summed E-state index contributed by atoms with van der Waals surface area (Å²) >= 11 is 5.90. The molecule has 0 saturated heterocycles. The van der Waals surface area contributed by atoms with E-state index in [0.717, 1.165) is 10.6 Å². The lowest BCUT2D eigenvalue weighted by atomic mass is 10.1. The zero-order valence-electron chi connectivity index (χ0n) is 13.6. The van der Waals surface area contributed by atoms with Gasteiger partial charge in [0.2, 0.25) is 10.0 Å².